The lowest BCUT2D eigenvalue weighted by atomic mass is 9.97. The van der Waals surface area contributed by atoms with E-state index in [0.717, 1.165) is 0 Å². The number of ether oxygens (including phenoxy) is 1. The van der Waals surface area contributed by atoms with E-state index in [1.54, 1.807) is 31.2 Å². The average molecular weight is 418 g/mol. The van der Waals surface area contributed by atoms with Gasteiger partial charge >= 0.3 is 5.97 Å². The summed E-state index contributed by atoms with van der Waals surface area (Å²) < 4.78 is 19.4. The van der Waals surface area contributed by atoms with E-state index < -0.39 is 16.7 Å². The third-order valence-electron chi connectivity index (χ3n) is 4.82. The SMILES string of the molecule is Cc1c(-c2ccc(Oc3ccc([N+](=O)[O-])cc3)cc2)nc2ccc(F)cc2c1C(=O)O. The molecule has 3 aromatic carbocycles. The maximum Gasteiger partial charge on any atom is 0.336 e. The molecule has 0 amide bonds. The lowest BCUT2D eigenvalue weighted by Crippen LogP contribution is -2.05. The molecule has 0 saturated carbocycles. The Labute approximate surface area is 175 Å². The van der Waals surface area contributed by atoms with Gasteiger partial charge in [0, 0.05) is 23.1 Å². The van der Waals surface area contributed by atoms with Crippen molar-refractivity contribution >= 4 is 22.6 Å². The molecule has 0 spiro atoms. The molecule has 0 fully saturated rings. The van der Waals surface area contributed by atoms with Crippen LogP contribution < -0.4 is 4.74 Å². The van der Waals surface area contributed by atoms with Crippen molar-refractivity contribution in [3.05, 3.63) is 93.8 Å². The molecule has 154 valence electrons. The Morgan fingerprint density at radius 1 is 1.03 bits per heavy atom. The maximum absolute atomic E-state index is 13.7. The van der Waals surface area contributed by atoms with Crippen LogP contribution in [0.25, 0.3) is 22.2 Å². The van der Waals surface area contributed by atoms with E-state index in [4.69, 9.17) is 4.74 Å². The third-order valence-corrected chi connectivity index (χ3v) is 4.82. The summed E-state index contributed by atoms with van der Waals surface area (Å²) in [5.41, 5.74) is 1.92. The molecule has 1 heterocycles. The van der Waals surface area contributed by atoms with Gasteiger partial charge in [0.1, 0.15) is 17.3 Å². The van der Waals surface area contributed by atoms with Gasteiger partial charge in [0.25, 0.3) is 5.69 Å². The van der Waals surface area contributed by atoms with Crippen LogP contribution in [-0.4, -0.2) is 21.0 Å². The molecule has 0 atom stereocenters. The van der Waals surface area contributed by atoms with Crippen LogP contribution in [0.4, 0.5) is 10.1 Å². The van der Waals surface area contributed by atoms with Crippen molar-refractivity contribution in [2.45, 2.75) is 6.92 Å². The maximum atomic E-state index is 13.7. The fraction of sp³-hybridized carbons (Fsp3) is 0.0435. The van der Waals surface area contributed by atoms with Gasteiger partial charge in [0.05, 0.1) is 21.7 Å². The van der Waals surface area contributed by atoms with Gasteiger partial charge in [-0.1, -0.05) is 0 Å². The van der Waals surface area contributed by atoms with Gasteiger partial charge in [0.15, 0.2) is 0 Å². The number of hydrogen-bond acceptors (Lipinski definition) is 5. The molecule has 0 aliphatic carbocycles. The zero-order valence-corrected chi connectivity index (χ0v) is 16.2. The van der Waals surface area contributed by atoms with Crippen molar-refractivity contribution in [1.29, 1.82) is 0 Å². The summed E-state index contributed by atoms with van der Waals surface area (Å²) in [5, 5.41) is 20.7. The number of aromatic carboxylic acids is 1. The number of halogens is 1. The second-order valence-electron chi connectivity index (χ2n) is 6.80. The standard InChI is InChI=1S/C23H15FN2O5/c1-13-21(23(27)28)19-12-15(24)4-11-20(19)25-22(13)14-2-7-17(8-3-14)31-18-9-5-16(6-10-18)26(29)30/h2-12H,1H3,(H,27,28). The van der Waals surface area contributed by atoms with E-state index in [9.17, 15) is 24.4 Å². The van der Waals surface area contributed by atoms with Crippen LogP contribution in [0.2, 0.25) is 0 Å². The number of nitro groups is 1. The first kappa shape index (κ1) is 20.0. The first-order valence-electron chi connectivity index (χ1n) is 9.19. The lowest BCUT2D eigenvalue weighted by molar-refractivity contribution is -0.384. The molecule has 31 heavy (non-hydrogen) atoms. The second-order valence-corrected chi connectivity index (χ2v) is 6.80. The van der Waals surface area contributed by atoms with E-state index in [1.807, 2.05) is 0 Å². The van der Waals surface area contributed by atoms with Crippen LogP contribution in [0.3, 0.4) is 0 Å². The van der Waals surface area contributed by atoms with Crippen LogP contribution in [0.1, 0.15) is 15.9 Å². The van der Waals surface area contributed by atoms with E-state index in [1.165, 1.54) is 42.5 Å². The molecular formula is C23H15FN2O5. The Hall–Kier alpha value is -4.33. The summed E-state index contributed by atoms with van der Waals surface area (Å²) in [5.74, 6) is -0.753. The molecular weight excluding hydrogens is 403 g/mol. The first-order valence-corrected chi connectivity index (χ1v) is 9.19. The number of carboxylic acid groups (broad SMARTS) is 1. The molecule has 1 aromatic heterocycles. The van der Waals surface area contributed by atoms with Crippen molar-refractivity contribution in [2.75, 3.05) is 0 Å². The lowest BCUT2D eigenvalue weighted by Gasteiger charge is -2.13. The predicted octanol–water partition coefficient (Wildman–Crippen LogP) is 5.75. The summed E-state index contributed by atoms with van der Waals surface area (Å²) in [7, 11) is 0. The summed E-state index contributed by atoms with van der Waals surface area (Å²) in [6.07, 6.45) is 0. The van der Waals surface area contributed by atoms with E-state index in [0.29, 0.717) is 33.8 Å². The van der Waals surface area contributed by atoms with Gasteiger partial charge < -0.3 is 9.84 Å². The molecule has 0 aliphatic heterocycles. The topological polar surface area (TPSA) is 103 Å². The number of nitro benzene ring substituents is 1. The molecule has 8 heteroatoms. The number of carboxylic acids is 1. The molecule has 0 radical (unpaired) electrons. The molecule has 7 nitrogen and oxygen atoms in total. The Morgan fingerprint density at radius 3 is 2.23 bits per heavy atom. The zero-order chi connectivity index (χ0) is 22.1. The molecule has 4 rings (SSSR count). The fourth-order valence-electron chi connectivity index (χ4n) is 3.34. The number of nitrogens with zero attached hydrogens (tertiary/aromatic N) is 2. The number of rotatable bonds is 5. The van der Waals surface area contributed by atoms with Crippen LogP contribution in [-0.2, 0) is 0 Å². The average Bonchev–Trinajstić information content (AvgIpc) is 2.74. The molecule has 1 N–H and O–H groups in total. The number of non-ortho nitro benzene ring substituents is 1. The summed E-state index contributed by atoms with van der Waals surface area (Å²) >= 11 is 0. The highest BCUT2D eigenvalue weighted by atomic mass is 19.1. The number of carbonyl (C=O) groups is 1. The van der Waals surface area contributed by atoms with E-state index in [-0.39, 0.29) is 16.6 Å². The van der Waals surface area contributed by atoms with Crippen LogP contribution >= 0.6 is 0 Å². The smallest absolute Gasteiger partial charge is 0.336 e. The van der Waals surface area contributed by atoms with Crippen molar-refractivity contribution in [3.63, 3.8) is 0 Å². The number of aromatic nitrogens is 1. The minimum atomic E-state index is -1.16. The fourth-order valence-corrected chi connectivity index (χ4v) is 3.34. The number of hydrogen-bond donors (Lipinski definition) is 1. The Morgan fingerprint density at radius 2 is 1.65 bits per heavy atom. The largest absolute Gasteiger partial charge is 0.478 e. The zero-order valence-electron chi connectivity index (χ0n) is 16.2. The van der Waals surface area contributed by atoms with Crippen LogP contribution in [0, 0.1) is 22.9 Å². The van der Waals surface area contributed by atoms with Gasteiger partial charge in [-0.3, -0.25) is 10.1 Å². The van der Waals surface area contributed by atoms with Gasteiger partial charge in [-0.15, -0.1) is 0 Å². The van der Waals surface area contributed by atoms with E-state index in [2.05, 4.69) is 4.98 Å². The van der Waals surface area contributed by atoms with Gasteiger partial charge in [0.2, 0.25) is 0 Å². The van der Waals surface area contributed by atoms with Gasteiger partial charge in [-0.05, 0) is 67.1 Å². The number of fused-ring (bicyclic) bond motifs is 1. The van der Waals surface area contributed by atoms with Crippen molar-refractivity contribution in [3.8, 4) is 22.8 Å². The third kappa shape index (κ3) is 3.91. The normalized spacial score (nSPS) is 10.8. The monoisotopic (exact) mass is 418 g/mol. The molecule has 4 aromatic rings. The van der Waals surface area contributed by atoms with Gasteiger partial charge in [-0.2, -0.15) is 0 Å². The molecule has 0 bridgehead atoms. The summed E-state index contributed by atoms with van der Waals surface area (Å²) in [6.45, 7) is 1.64. The molecule has 0 aliphatic rings. The number of benzene rings is 3. The van der Waals surface area contributed by atoms with Crippen LogP contribution in [0.5, 0.6) is 11.5 Å². The van der Waals surface area contributed by atoms with Crippen molar-refractivity contribution in [1.82, 2.24) is 4.98 Å². The highest BCUT2D eigenvalue weighted by Gasteiger charge is 2.19. The number of pyridine rings is 1. The predicted molar refractivity (Wildman–Crippen MR) is 112 cm³/mol. The van der Waals surface area contributed by atoms with Crippen LogP contribution in [0.15, 0.2) is 66.7 Å². The first-order chi connectivity index (χ1) is 14.8. The molecule has 0 saturated heterocycles. The van der Waals surface area contributed by atoms with Crippen molar-refractivity contribution in [2.24, 2.45) is 0 Å². The van der Waals surface area contributed by atoms with E-state index >= 15 is 0 Å². The quantitative estimate of drug-likeness (QED) is 0.327. The Balaban J connectivity index is 1.69. The minimum absolute atomic E-state index is 0.00528. The Kier molecular flexibility index (Phi) is 5.04. The second kappa shape index (κ2) is 7.83. The minimum Gasteiger partial charge on any atom is -0.478 e. The highest BCUT2D eigenvalue weighted by Crippen LogP contribution is 2.32. The Bertz CT molecular complexity index is 1320. The summed E-state index contributed by atoms with van der Waals surface area (Å²) in [6, 6.07) is 16.4. The van der Waals surface area contributed by atoms with Gasteiger partial charge in [-0.25, -0.2) is 14.2 Å². The highest BCUT2D eigenvalue weighted by molar-refractivity contribution is 6.05. The van der Waals surface area contributed by atoms with Crippen molar-refractivity contribution < 1.29 is 24.0 Å². The molecule has 0 unspecified atom stereocenters. The summed E-state index contributed by atoms with van der Waals surface area (Å²) in [4.78, 5) is 26.6.